The molecule has 0 spiro atoms. The van der Waals surface area contributed by atoms with Gasteiger partial charge in [-0.25, -0.2) is 0 Å². The number of nitriles is 1. The van der Waals surface area contributed by atoms with E-state index in [0.717, 1.165) is 63.4 Å². The number of thiophene rings is 1. The van der Waals surface area contributed by atoms with Crippen molar-refractivity contribution in [2.45, 2.75) is 76.2 Å². The minimum absolute atomic E-state index is 0.340. The molecule has 160 valence electrons. The fourth-order valence-electron chi connectivity index (χ4n) is 6.85. The fourth-order valence-corrected chi connectivity index (χ4v) is 8.10. The number of carbonyl (C=O) groups excluding carboxylic acids is 2. The van der Waals surface area contributed by atoms with Gasteiger partial charge < -0.3 is 15.2 Å². The van der Waals surface area contributed by atoms with Gasteiger partial charge in [-0.1, -0.05) is 6.42 Å². The number of nitrogens with zero attached hydrogens (tertiary/aromatic N) is 1. The molecule has 4 saturated carbocycles. The number of amides is 1. The summed E-state index contributed by atoms with van der Waals surface area (Å²) in [6, 6.07) is 2.26. The summed E-state index contributed by atoms with van der Waals surface area (Å²) in [5, 5.41) is 23.8. The summed E-state index contributed by atoms with van der Waals surface area (Å²) in [5.74, 6) is 0.0296. The first-order chi connectivity index (χ1) is 14.4. The van der Waals surface area contributed by atoms with Crippen molar-refractivity contribution in [3.05, 3.63) is 16.0 Å². The number of carbonyl (C=O) groups is 2. The summed E-state index contributed by atoms with van der Waals surface area (Å²) in [6.45, 7) is -0.345. The van der Waals surface area contributed by atoms with Crippen LogP contribution in [0.4, 0.5) is 5.00 Å². The Bertz CT molecular complexity index is 916. The molecule has 1 aromatic rings. The van der Waals surface area contributed by atoms with Crippen molar-refractivity contribution in [3.8, 4) is 6.07 Å². The average Bonchev–Trinajstić information content (AvgIpc) is 2.83. The van der Waals surface area contributed by atoms with Gasteiger partial charge in [-0.15, -0.1) is 11.3 Å². The molecule has 30 heavy (non-hydrogen) atoms. The highest BCUT2D eigenvalue weighted by Gasteiger charge is 2.60. The van der Waals surface area contributed by atoms with E-state index < -0.39 is 16.9 Å². The minimum Gasteiger partial charge on any atom is -0.455 e. The molecule has 2 unspecified atom stereocenters. The van der Waals surface area contributed by atoms with Crippen LogP contribution in [0.25, 0.3) is 0 Å². The highest BCUT2D eigenvalue weighted by atomic mass is 32.1. The number of aryl methyl sites for hydroxylation is 1. The van der Waals surface area contributed by atoms with Gasteiger partial charge in [-0.3, -0.25) is 9.59 Å². The molecule has 5 aliphatic rings. The number of nitrogens with one attached hydrogen (secondary N) is 1. The predicted molar refractivity (Wildman–Crippen MR) is 112 cm³/mol. The zero-order valence-corrected chi connectivity index (χ0v) is 18.0. The van der Waals surface area contributed by atoms with Crippen LogP contribution in [0.5, 0.6) is 0 Å². The molecular weight excluding hydrogens is 400 g/mol. The number of anilines is 1. The van der Waals surface area contributed by atoms with Crippen LogP contribution < -0.4 is 5.32 Å². The van der Waals surface area contributed by atoms with Crippen molar-refractivity contribution in [2.75, 3.05) is 11.9 Å². The molecule has 1 heterocycles. The third kappa shape index (κ3) is 3.44. The molecule has 6 nitrogen and oxygen atoms in total. The maximum absolute atomic E-state index is 13.0. The van der Waals surface area contributed by atoms with Gasteiger partial charge in [-0.2, -0.15) is 5.26 Å². The van der Waals surface area contributed by atoms with Crippen molar-refractivity contribution < 1.29 is 19.4 Å². The molecule has 2 N–H and O–H groups in total. The van der Waals surface area contributed by atoms with Crippen molar-refractivity contribution in [2.24, 2.45) is 17.3 Å². The third-order valence-corrected chi connectivity index (χ3v) is 8.79. The SMILES string of the molecule is N#Cc1c(NC(=O)COC(=O)C23CC4CC(CC(O)(C4)C2)C3)sc2c1CCCCC2. The zero-order chi connectivity index (χ0) is 20.9. The second-order valence-corrected chi connectivity index (χ2v) is 11.1. The maximum atomic E-state index is 13.0. The number of rotatable bonds is 4. The Morgan fingerprint density at radius 2 is 1.90 bits per heavy atom. The summed E-state index contributed by atoms with van der Waals surface area (Å²) in [7, 11) is 0. The molecule has 1 amide bonds. The number of fused-ring (bicyclic) bond motifs is 1. The second-order valence-electron chi connectivity index (χ2n) is 9.97. The van der Waals surface area contributed by atoms with E-state index in [4.69, 9.17) is 4.74 Å². The van der Waals surface area contributed by atoms with E-state index in [2.05, 4.69) is 11.4 Å². The van der Waals surface area contributed by atoms with Gasteiger partial charge in [0.15, 0.2) is 6.61 Å². The lowest BCUT2D eigenvalue weighted by Crippen LogP contribution is -2.58. The molecule has 0 radical (unpaired) electrons. The molecule has 0 aliphatic heterocycles. The number of aliphatic hydroxyl groups is 1. The lowest BCUT2D eigenvalue weighted by atomic mass is 9.48. The number of esters is 1. The molecule has 2 atom stereocenters. The number of hydrogen-bond donors (Lipinski definition) is 2. The predicted octanol–water partition coefficient (Wildman–Crippen LogP) is 3.70. The Labute approximate surface area is 180 Å². The summed E-state index contributed by atoms with van der Waals surface area (Å²) in [5.41, 5.74) is 0.285. The summed E-state index contributed by atoms with van der Waals surface area (Å²) in [4.78, 5) is 26.7. The Balaban J connectivity index is 1.23. The highest BCUT2D eigenvalue weighted by molar-refractivity contribution is 7.16. The van der Waals surface area contributed by atoms with Crippen molar-refractivity contribution in [1.29, 1.82) is 5.26 Å². The lowest BCUT2D eigenvalue weighted by molar-refractivity contribution is -0.196. The first-order valence-electron chi connectivity index (χ1n) is 11.1. The first-order valence-corrected chi connectivity index (χ1v) is 12.0. The normalized spacial score (nSPS) is 34.0. The van der Waals surface area contributed by atoms with Crippen molar-refractivity contribution >= 4 is 28.2 Å². The average molecular weight is 429 g/mol. The third-order valence-electron chi connectivity index (χ3n) is 7.58. The zero-order valence-electron chi connectivity index (χ0n) is 17.2. The maximum Gasteiger partial charge on any atom is 0.312 e. The van der Waals surface area contributed by atoms with Gasteiger partial charge in [0, 0.05) is 4.88 Å². The molecule has 7 heteroatoms. The van der Waals surface area contributed by atoms with Crippen LogP contribution in [0.3, 0.4) is 0 Å². The second kappa shape index (κ2) is 7.35. The molecular formula is C23H28N2O4S. The van der Waals surface area contributed by atoms with Crippen LogP contribution >= 0.6 is 11.3 Å². The van der Waals surface area contributed by atoms with Crippen LogP contribution in [-0.2, 0) is 27.2 Å². The van der Waals surface area contributed by atoms with Gasteiger partial charge in [0.2, 0.25) is 0 Å². The molecule has 4 fully saturated rings. The molecule has 0 aromatic carbocycles. The van der Waals surface area contributed by atoms with Gasteiger partial charge >= 0.3 is 5.97 Å². The van der Waals surface area contributed by atoms with Crippen LogP contribution in [0.15, 0.2) is 0 Å². The van der Waals surface area contributed by atoms with Gasteiger partial charge in [-0.05, 0) is 81.6 Å². The fraction of sp³-hybridized carbons (Fsp3) is 0.696. The molecule has 4 bridgehead atoms. The number of hydrogen-bond acceptors (Lipinski definition) is 6. The van der Waals surface area contributed by atoms with Gasteiger partial charge in [0.05, 0.1) is 16.6 Å². The minimum atomic E-state index is -0.734. The Kier molecular flexibility index (Phi) is 4.90. The van der Waals surface area contributed by atoms with E-state index in [1.807, 2.05) is 0 Å². The summed E-state index contributed by atoms with van der Waals surface area (Å²) in [6.07, 6.45) is 9.85. The van der Waals surface area contributed by atoms with Crippen LogP contribution in [0.1, 0.15) is 73.8 Å². The highest BCUT2D eigenvalue weighted by Crippen LogP contribution is 2.62. The van der Waals surface area contributed by atoms with Gasteiger partial charge in [0.1, 0.15) is 11.1 Å². The van der Waals surface area contributed by atoms with E-state index in [0.29, 0.717) is 28.8 Å². The monoisotopic (exact) mass is 428 g/mol. The van der Waals surface area contributed by atoms with Crippen molar-refractivity contribution in [3.63, 3.8) is 0 Å². The Morgan fingerprint density at radius 3 is 2.60 bits per heavy atom. The first kappa shape index (κ1) is 20.0. The molecule has 1 aromatic heterocycles. The van der Waals surface area contributed by atoms with Crippen LogP contribution in [-0.4, -0.2) is 29.2 Å². The van der Waals surface area contributed by atoms with E-state index >= 15 is 0 Å². The van der Waals surface area contributed by atoms with E-state index in [1.54, 1.807) is 0 Å². The molecule has 5 aliphatic carbocycles. The molecule has 0 saturated heterocycles. The largest absolute Gasteiger partial charge is 0.455 e. The van der Waals surface area contributed by atoms with Crippen LogP contribution in [0.2, 0.25) is 0 Å². The summed E-state index contributed by atoms with van der Waals surface area (Å²) >= 11 is 1.48. The quantitative estimate of drug-likeness (QED) is 0.563. The van der Waals surface area contributed by atoms with E-state index in [-0.39, 0.29) is 12.6 Å². The number of ether oxygens (including phenoxy) is 1. The Morgan fingerprint density at radius 1 is 1.17 bits per heavy atom. The Hall–Kier alpha value is -1.91. The molecule has 6 rings (SSSR count). The van der Waals surface area contributed by atoms with Crippen LogP contribution in [0, 0.1) is 28.6 Å². The van der Waals surface area contributed by atoms with Crippen molar-refractivity contribution in [1.82, 2.24) is 0 Å². The summed E-state index contributed by atoms with van der Waals surface area (Å²) < 4.78 is 5.46. The smallest absolute Gasteiger partial charge is 0.312 e. The van der Waals surface area contributed by atoms with E-state index in [9.17, 15) is 20.0 Å². The van der Waals surface area contributed by atoms with E-state index in [1.165, 1.54) is 22.6 Å². The topological polar surface area (TPSA) is 99.4 Å². The lowest BCUT2D eigenvalue weighted by Gasteiger charge is -2.58. The standard InChI is InChI=1S/C23H28N2O4S/c24-11-17-16-4-2-1-3-5-18(16)30-20(17)25-19(26)12-29-21(27)22-7-14-6-15(8-22)10-23(28,9-14)13-22/h14-15,28H,1-10,12-13H2,(H,25,26). The van der Waals surface area contributed by atoms with Gasteiger partial charge in [0.25, 0.3) is 5.91 Å².